The Balaban J connectivity index is 1.32. The molecule has 2 aliphatic heterocycles. The summed E-state index contributed by atoms with van der Waals surface area (Å²) in [6, 6.07) is 15.5. The average Bonchev–Trinajstić information content (AvgIpc) is 2.98. The van der Waals surface area contributed by atoms with Crippen molar-refractivity contribution < 1.29 is 9.53 Å². The number of amides is 1. The number of fused-ring (bicyclic) bond motifs is 3. The largest absolute Gasteiger partial charge is 0.457 e. The minimum absolute atomic E-state index is 0.0104. The molecule has 148 valence electrons. The molecule has 0 aliphatic carbocycles. The SMILES string of the molecule is O=C(NCCc1nnc2n1CCCCC2)C1c2ccccc2Oc2ccccc21. The third-order valence-corrected chi connectivity index (χ3v) is 5.78. The summed E-state index contributed by atoms with van der Waals surface area (Å²) in [6.07, 6.45) is 5.26. The molecule has 6 nitrogen and oxygen atoms in total. The number of benzene rings is 2. The molecular weight excluding hydrogens is 364 g/mol. The first-order chi connectivity index (χ1) is 14.3. The van der Waals surface area contributed by atoms with Crippen molar-refractivity contribution in [1.29, 1.82) is 0 Å². The van der Waals surface area contributed by atoms with Crippen LogP contribution in [0.25, 0.3) is 0 Å². The van der Waals surface area contributed by atoms with Crippen LogP contribution in [0.3, 0.4) is 0 Å². The molecule has 0 bridgehead atoms. The molecule has 0 saturated heterocycles. The quantitative estimate of drug-likeness (QED) is 0.741. The van der Waals surface area contributed by atoms with Gasteiger partial charge in [0.25, 0.3) is 0 Å². The van der Waals surface area contributed by atoms with Crippen LogP contribution in [0.1, 0.15) is 48.0 Å². The highest BCUT2D eigenvalue weighted by Crippen LogP contribution is 2.43. The fraction of sp³-hybridized carbons (Fsp3) is 0.348. The first-order valence-corrected chi connectivity index (χ1v) is 10.4. The predicted molar refractivity (Wildman–Crippen MR) is 109 cm³/mol. The number of ether oxygens (including phenoxy) is 1. The fourth-order valence-corrected chi connectivity index (χ4v) is 4.32. The van der Waals surface area contributed by atoms with E-state index in [2.05, 4.69) is 20.1 Å². The molecule has 1 N–H and O–H groups in total. The van der Waals surface area contributed by atoms with Gasteiger partial charge >= 0.3 is 0 Å². The number of aromatic nitrogens is 3. The predicted octanol–water partition coefficient (Wildman–Crippen LogP) is 3.60. The van der Waals surface area contributed by atoms with Gasteiger partial charge in [-0.3, -0.25) is 4.79 Å². The van der Waals surface area contributed by atoms with E-state index in [1.807, 2.05) is 48.5 Å². The Morgan fingerprint density at radius 2 is 1.72 bits per heavy atom. The molecule has 0 saturated carbocycles. The Bertz CT molecular complexity index is 997. The Kier molecular flexibility index (Phi) is 4.76. The third-order valence-electron chi connectivity index (χ3n) is 5.78. The van der Waals surface area contributed by atoms with Crippen molar-refractivity contribution >= 4 is 5.91 Å². The lowest BCUT2D eigenvalue weighted by Crippen LogP contribution is -2.33. The first-order valence-electron chi connectivity index (χ1n) is 10.4. The van der Waals surface area contributed by atoms with Gasteiger partial charge in [0.15, 0.2) is 0 Å². The van der Waals surface area contributed by atoms with Crippen molar-refractivity contribution in [3.05, 3.63) is 71.3 Å². The average molecular weight is 388 g/mol. The van der Waals surface area contributed by atoms with Crippen molar-refractivity contribution in [2.24, 2.45) is 0 Å². The molecule has 2 aliphatic rings. The number of para-hydroxylation sites is 2. The molecule has 0 radical (unpaired) electrons. The molecular formula is C23H24N4O2. The lowest BCUT2D eigenvalue weighted by Gasteiger charge is -2.27. The molecule has 3 heterocycles. The molecule has 0 fully saturated rings. The molecule has 6 heteroatoms. The fourth-order valence-electron chi connectivity index (χ4n) is 4.32. The number of nitrogens with one attached hydrogen (secondary N) is 1. The smallest absolute Gasteiger partial charge is 0.232 e. The lowest BCUT2D eigenvalue weighted by atomic mass is 9.87. The lowest BCUT2D eigenvalue weighted by molar-refractivity contribution is -0.121. The van der Waals surface area contributed by atoms with Crippen LogP contribution in [0.15, 0.2) is 48.5 Å². The van der Waals surface area contributed by atoms with E-state index in [0.29, 0.717) is 13.0 Å². The maximum Gasteiger partial charge on any atom is 0.232 e. The molecule has 1 aromatic heterocycles. The number of carbonyl (C=O) groups is 1. The van der Waals surface area contributed by atoms with Crippen LogP contribution in [0, 0.1) is 0 Å². The Hall–Kier alpha value is -3.15. The second kappa shape index (κ2) is 7.70. The maximum atomic E-state index is 13.2. The topological polar surface area (TPSA) is 69.0 Å². The summed E-state index contributed by atoms with van der Waals surface area (Å²) < 4.78 is 8.23. The van der Waals surface area contributed by atoms with E-state index in [1.54, 1.807) is 0 Å². The summed E-state index contributed by atoms with van der Waals surface area (Å²) in [6.45, 7) is 1.52. The highest BCUT2D eigenvalue weighted by Gasteiger charge is 2.32. The molecule has 1 amide bonds. The van der Waals surface area contributed by atoms with E-state index in [9.17, 15) is 4.79 Å². The van der Waals surface area contributed by atoms with Crippen molar-refractivity contribution in [3.8, 4) is 11.5 Å². The number of nitrogens with zero attached hydrogens (tertiary/aromatic N) is 3. The molecule has 5 rings (SSSR count). The molecule has 2 aromatic carbocycles. The van der Waals surface area contributed by atoms with Gasteiger partial charge in [0.05, 0.1) is 5.92 Å². The van der Waals surface area contributed by atoms with Gasteiger partial charge in [-0.05, 0) is 25.0 Å². The van der Waals surface area contributed by atoms with Crippen molar-refractivity contribution in [2.75, 3.05) is 6.54 Å². The van der Waals surface area contributed by atoms with E-state index in [1.165, 1.54) is 19.3 Å². The van der Waals surface area contributed by atoms with E-state index in [-0.39, 0.29) is 11.8 Å². The zero-order valence-corrected chi connectivity index (χ0v) is 16.3. The second-order valence-corrected chi connectivity index (χ2v) is 7.65. The zero-order chi connectivity index (χ0) is 19.6. The molecule has 29 heavy (non-hydrogen) atoms. The van der Waals surface area contributed by atoms with Gasteiger partial charge in [0.2, 0.25) is 5.91 Å². The number of hydrogen-bond acceptors (Lipinski definition) is 4. The van der Waals surface area contributed by atoms with Crippen LogP contribution in [-0.4, -0.2) is 27.2 Å². The molecule has 0 atom stereocenters. The first kappa shape index (κ1) is 17.9. The highest BCUT2D eigenvalue weighted by atomic mass is 16.5. The Labute approximate surface area is 169 Å². The minimum Gasteiger partial charge on any atom is -0.457 e. The summed E-state index contributed by atoms with van der Waals surface area (Å²) in [5.41, 5.74) is 1.81. The molecule has 3 aromatic rings. The number of aryl methyl sites for hydroxylation is 1. The number of hydrogen-bond donors (Lipinski definition) is 1. The molecule has 0 spiro atoms. The van der Waals surface area contributed by atoms with Gasteiger partial charge in [-0.1, -0.05) is 42.8 Å². The summed E-state index contributed by atoms with van der Waals surface area (Å²) in [5.74, 6) is 3.16. The summed E-state index contributed by atoms with van der Waals surface area (Å²) in [7, 11) is 0. The highest BCUT2D eigenvalue weighted by molar-refractivity contribution is 5.89. The van der Waals surface area contributed by atoms with Crippen LogP contribution in [-0.2, 0) is 24.2 Å². The summed E-state index contributed by atoms with van der Waals surface area (Å²) >= 11 is 0. The third kappa shape index (κ3) is 3.39. The van der Waals surface area contributed by atoms with Gasteiger partial charge in [-0.15, -0.1) is 10.2 Å². The number of rotatable bonds is 4. The maximum absolute atomic E-state index is 13.2. The summed E-state index contributed by atoms with van der Waals surface area (Å²) in [4.78, 5) is 13.2. The van der Waals surface area contributed by atoms with E-state index < -0.39 is 0 Å². The van der Waals surface area contributed by atoms with Crippen molar-refractivity contribution in [3.63, 3.8) is 0 Å². The van der Waals surface area contributed by atoms with Crippen molar-refractivity contribution in [1.82, 2.24) is 20.1 Å². The Morgan fingerprint density at radius 3 is 2.48 bits per heavy atom. The van der Waals surface area contributed by atoms with Crippen LogP contribution < -0.4 is 10.1 Å². The van der Waals surface area contributed by atoms with Gasteiger partial charge < -0.3 is 14.6 Å². The van der Waals surface area contributed by atoms with Crippen LogP contribution in [0.4, 0.5) is 0 Å². The van der Waals surface area contributed by atoms with E-state index >= 15 is 0 Å². The zero-order valence-electron chi connectivity index (χ0n) is 16.3. The van der Waals surface area contributed by atoms with Crippen LogP contribution in [0.2, 0.25) is 0 Å². The van der Waals surface area contributed by atoms with Gasteiger partial charge in [0, 0.05) is 37.1 Å². The van der Waals surface area contributed by atoms with Crippen LogP contribution >= 0.6 is 0 Å². The molecule has 0 unspecified atom stereocenters. The van der Waals surface area contributed by atoms with E-state index in [4.69, 9.17) is 4.74 Å². The van der Waals surface area contributed by atoms with Gasteiger partial charge in [-0.25, -0.2) is 0 Å². The monoisotopic (exact) mass is 388 g/mol. The van der Waals surface area contributed by atoms with Gasteiger partial charge in [-0.2, -0.15) is 0 Å². The van der Waals surface area contributed by atoms with E-state index in [0.717, 1.165) is 47.2 Å². The van der Waals surface area contributed by atoms with Crippen molar-refractivity contribution in [2.45, 2.75) is 44.6 Å². The number of carbonyl (C=O) groups excluding carboxylic acids is 1. The van der Waals surface area contributed by atoms with Crippen LogP contribution in [0.5, 0.6) is 11.5 Å². The minimum atomic E-state index is -0.369. The second-order valence-electron chi connectivity index (χ2n) is 7.65. The standard InChI is InChI=1S/C23H24N4O2/c28-23(24-14-13-21-26-25-20-12-2-1-7-15-27(20)21)22-16-8-3-5-10-18(16)29-19-11-6-4-9-17(19)22/h3-6,8-11,22H,1-2,7,12-15H2,(H,24,28). The Morgan fingerprint density at radius 1 is 1.00 bits per heavy atom. The van der Waals surface area contributed by atoms with Gasteiger partial charge in [0.1, 0.15) is 23.1 Å². The summed E-state index contributed by atoms with van der Waals surface area (Å²) in [5, 5.41) is 11.8. The normalized spacial score (nSPS) is 15.4.